The number of hydrogen-bond acceptors (Lipinski definition) is 4. The van der Waals surface area contributed by atoms with Gasteiger partial charge in [-0.25, -0.2) is 0 Å². The maximum atomic E-state index is 13.4. The highest BCUT2D eigenvalue weighted by Crippen LogP contribution is 2.45. The summed E-state index contributed by atoms with van der Waals surface area (Å²) in [5.74, 6) is -2.30. The lowest BCUT2D eigenvalue weighted by atomic mass is 9.68. The number of fused-ring (bicyclic) bond motifs is 1. The van der Waals surface area contributed by atoms with E-state index in [-0.39, 0.29) is 36.8 Å². The number of amides is 3. The molecule has 1 aromatic rings. The number of para-hydroxylation sites is 1. The SMILES string of the molecule is CCC[C@@H]1C=C[C@H]2[C@@H](C(=O)N(CCO)[C@@H]2C(=O)Nc2c(C)cccc2C)[C@@H]1C(=O)NC. The number of aliphatic hydroxyl groups is 1. The van der Waals surface area contributed by atoms with Crippen LogP contribution < -0.4 is 10.6 Å². The van der Waals surface area contributed by atoms with Gasteiger partial charge >= 0.3 is 0 Å². The van der Waals surface area contributed by atoms with Crippen molar-refractivity contribution in [3.05, 3.63) is 41.5 Å². The van der Waals surface area contributed by atoms with Crippen LogP contribution in [0.5, 0.6) is 0 Å². The van der Waals surface area contributed by atoms with Crippen molar-refractivity contribution < 1.29 is 19.5 Å². The fourth-order valence-electron chi connectivity index (χ4n) is 5.19. The van der Waals surface area contributed by atoms with Crippen LogP contribution in [-0.2, 0) is 14.4 Å². The minimum absolute atomic E-state index is 0.0495. The molecule has 1 aromatic carbocycles. The fourth-order valence-corrected chi connectivity index (χ4v) is 5.19. The van der Waals surface area contributed by atoms with Crippen molar-refractivity contribution in [2.24, 2.45) is 23.7 Å². The molecule has 1 aliphatic heterocycles. The summed E-state index contributed by atoms with van der Waals surface area (Å²) < 4.78 is 0. The van der Waals surface area contributed by atoms with Gasteiger partial charge in [-0.3, -0.25) is 14.4 Å². The Morgan fingerprint density at radius 2 is 1.81 bits per heavy atom. The van der Waals surface area contributed by atoms with E-state index < -0.39 is 23.8 Å². The van der Waals surface area contributed by atoms with Crippen molar-refractivity contribution in [2.45, 2.75) is 39.7 Å². The number of benzene rings is 1. The van der Waals surface area contributed by atoms with Crippen molar-refractivity contribution in [2.75, 3.05) is 25.5 Å². The lowest BCUT2D eigenvalue weighted by Crippen LogP contribution is -2.45. The van der Waals surface area contributed by atoms with Crippen LogP contribution in [0.3, 0.4) is 0 Å². The quantitative estimate of drug-likeness (QED) is 0.580. The monoisotopic (exact) mass is 427 g/mol. The van der Waals surface area contributed by atoms with Crippen molar-refractivity contribution in [3.63, 3.8) is 0 Å². The van der Waals surface area contributed by atoms with E-state index in [1.807, 2.05) is 44.2 Å². The zero-order valence-electron chi connectivity index (χ0n) is 18.7. The number of hydrogen-bond donors (Lipinski definition) is 3. The second kappa shape index (κ2) is 9.64. The number of anilines is 1. The standard InChI is InChI=1S/C24H33N3O4/c1-5-7-16-10-11-17-19(18(16)22(29)25-4)24(31)27(12-13-28)21(17)23(30)26-20-14(2)8-6-9-15(20)3/h6,8-11,16-19,21,28H,5,7,12-13H2,1-4H3,(H,25,29)(H,26,30)/t16-,17+,18-,19-,21+/m1/s1. The third-order valence-corrected chi connectivity index (χ3v) is 6.62. The number of rotatable bonds is 7. The van der Waals surface area contributed by atoms with Gasteiger partial charge in [0.15, 0.2) is 0 Å². The van der Waals surface area contributed by atoms with E-state index in [1.165, 1.54) is 4.90 Å². The van der Waals surface area contributed by atoms with Crippen molar-refractivity contribution in [3.8, 4) is 0 Å². The number of allylic oxidation sites excluding steroid dienone is 1. The van der Waals surface area contributed by atoms with E-state index in [0.717, 1.165) is 29.7 Å². The van der Waals surface area contributed by atoms with Gasteiger partial charge in [0.2, 0.25) is 17.7 Å². The highest BCUT2D eigenvalue weighted by molar-refractivity contribution is 6.02. The Kier molecular flexibility index (Phi) is 7.15. The number of β-amino-alcohol motifs (C(OH)–C–C–N with tert-alkyl or cyclic N) is 1. The summed E-state index contributed by atoms with van der Waals surface area (Å²) >= 11 is 0. The molecule has 3 N–H and O–H groups in total. The van der Waals surface area contributed by atoms with Gasteiger partial charge in [-0.15, -0.1) is 0 Å². The predicted molar refractivity (Wildman–Crippen MR) is 119 cm³/mol. The van der Waals surface area contributed by atoms with Gasteiger partial charge in [-0.1, -0.05) is 43.7 Å². The smallest absolute Gasteiger partial charge is 0.247 e. The molecule has 1 aliphatic carbocycles. The Morgan fingerprint density at radius 3 is 2.39 bits per heavy atom. The first-order chi connectivity index (χ1) is 14.8. The topological polar surface area (TPSA) is 98.7 Å². The maximum absolute atomic E-state index is 13.4. The number of aliphatic hydroxyl groups excluding tert-OH is 1. The number of likely N-dealkylation sites (tertiary alicyclic amines) is 1. The molecule has 5 atom stereocenters. The van der Waals surface area contributed by atoms with Crippen LogP contribution in [0.2, 0.25) is 0 Å². The Labute approximate surface area is 183 Å². The van der Waals surface area contributed by atoms with Gasteiger partial charge in [0.1, 0.15) is 6.04 Å². The van der Waals surface area contributed by atoms with Gasteiger partial charge in [-0.05, 0) is 37.3 Å². The maximum Gasteiger partial charge on any atom is 0.247 e. The van der Waals surface area contributed by atoms with Crippen LogP contribution in [0, 0.1) is 37.5 Å². The molecule has 0 aromatic heterocycles. The molecule has 1 heterocycles. The summed E-state index contributed by atoms with van der Waals surface area (Å²) in [6, 6.07) is 5.01. The Hall–Kier alpha value is -2.67. The fraction of sp³-hybridized carbons (Fsp3) is 0.542. The Bertz CT molecular complexity index is 861. The van der Waals surface area contributed by atoms with Crippen molar-refractivity contribution in [1.29, 1.82) is 0 Å². The summed E-state index contributed by atoms with van der Waals surface area (Å²) in [7, 11) is 1.58. The van der Waals surface area contributed by atoms with Gasteiger partial charge in [0, 0.05) is 25.2 Å². The van der Waals surface area contributed by atoms with E-state index in [9.17, 15) is 19.5 Å². The zero-order chi connectivity index (χ0) is 22.7. The molecule has 2 aliphatic rings. The number of nitrogens with one attached hydrogen (secondary N) is 2. The van der Waals surface area contributed by atoms with Crippen molar-refractivity contribution >= 4 is 23.4 Å². The van der Waals surface area contributed by atoms with E-state index in [4.69, 9.17) is 0 Å². The highest BCUT2D eigenvalue weighted by atomic mass is 16.3. The number of aryl methyl sites for hydroxylation is 2. The molecule has 1 saturated heterocycles. The van der Waals surface area contributed by atoms with Crippen LogP contribution in [0.1, 0.15) is 30.9 Å². The average molecular weight is 428 g/mol. The second-order valence-electron chi connectivity index (χ2n) is 8.54. The summed E-state index contributed by atoms with van der Waals surface area (Å²) in [5.41, 5.74) is 2.61. The normalized spacial score (nSPS) is 27.2. The van der Waals surface area contributed by atoms with Gasteiger partial charge in [0.25, 0.3) is 0 Å². The molecule has 0 unspecified atom stereocenters. The van der Waals surface area contributed by atoms with Gasteiger partial charge in [0.05, 0.1) is 18.4 Å². The minimum Gasteiger partial charge on any atom is -0.395 e. The third-order valence-electron chi connectivity index (χ3n) is 6.62. The van der Waals surface area contributed by atoms with Crippen LogP contribution in [0.4, 0.5) is 5.69 Å². The highest BCUT2D eigenvalue weighted by Gasteiger charge is 2.56. The van der Waals surface area contributed by atoms with Crippen LogP contribution >= 0.6 is 0 Å². The summed E-state index contributed by atoms with van der Waals surface area (Å²) in [5, 5.41) is 15.3. The van der Waals surface area contributed by atoms with Crippen LogP contribution in [-0.4, -0.2) is 54.0 Å². The van der Waals surface area contributed by atoms with E-state index in [2.05, 4.69) is 17.6 Å². The molecule has 3 amide bonds. The molecular formula is C24H33N3O4. The number of carbonyl (C=O) groups is 3. The average Bonchev–Trinajstić information content (AvgIpc) is 3.02. The summed E-state index contributed by atoms with van der Waals surface area (Å²) in [4.78, 5) is 41.1. The van der Waals surface area contributed by atoms with Gasteiger partial charge in [-0.2, -0.15) is 0 Å². The van der Waals surface area contributed by atoms with Crippen molar-refractivity contribution in [1.82, 2.24) is 10.2 Å². The molecule has 3 rings (SSSR count). The number of carbonyl (C=O) groups excluding carboxylic acids is 3. The number of nitrogens with zero attached hydrogens (tertiary/aromatic N) is 1. The Morgan fingerprint density at radius 1 is 1.13 bits per heavy atom. The van der Waals surface area contributed by atoms with Crippen LogP contribution in [0.25, 0.3) is 0 Å². The second-order valence-corrected chi connectivity index (χ2v) is 8.54. The summed E-state index contributed by atoms with van der Waals surface area (Å²) in [6.45, 7) is 5.72. The third kappa shape index (κ3) is 4.24. The molecule has 168 valence electrons. The summed E-state index contributed by atoms with van der Waals surface area (Å²) in [6.07, 6.45) is 5.63. The molecular weight excluding hydrogens is 394 g/mol. The van der Waals surface area contributed by atoms with E-state index >= 15 is 0 Å². The lowest BCUT2D eigenvalue weighted by Gasteiger charge is -2.34. The zero-order valence-corrected chi connectivity index (χ0v) is 18.7. The molecule has 0 radical (unpaired) electrons. The largest absolute Gasteiger partial charge is 0.395 e. The molecule has 0 saturated carbocycles. The van der Waals surface area contributed by atoms with Crippen LogP contribution in [0.15, 0.2) is 30.4 Å². The first-order valence-corrected chi connectivity index (χ1v) is 11.0. The predicted octanol–water partition coefficient (Wildman–Crippen LogP) is 2.03. The lowest BCUT2D eigenvalue weighted by molar-refractivity contribution is -0.140. The van der Waals surface area contributed by atoms with E-state index in [0.29, 0.717) is 0 Å². The van der Waals surface area contributed by atoms with E-state index in [1.54, 1.807) is 7.05 Å². The minimum atomic E-state index is -0.769. The molecule has 7 heteroatoms. The molecule has 0 spiro atoms. The molecule has 1 fully saturated rings. The molecule has 7 nitrogen and oxygen atoms in total. The molecule has 31 heavy (non-hydrogen) atoms. The first-order valence-electron chi connectivity index (χ1n) is 11.0. The first kappa shape index (κ1) is 23.0. The van der Waals surface area contributed by atoms with Gasteiger partial charge < -0.3 is 20.6 Å². The molecule has 0 bridgehead atoms. The Balaban J connectivity index is 1.99.